The van der Waals surface area contributed by atoms with Crippen LogP contribution in [0.15, 0.2) is 0 Å². The number of carbonyl (C=O) groups is 2. The van der Waals surface area contributed by atoms with Gasteiger partial charge in [0, 0.05) is 34.3 Å². The Balaban J connectivity index is 3.99. The van der Waals surface area contributed by atoms with Crippen LogP contribution in [0.1, 0.15) is 6.92 Å². The van der Waals surface area contributed by atoms with E-state index in [0.29, 0.717) is 19.7 Å². The molecule has 0 aliphatic rings. The predicted octanol–water partition coefficient (Wildman–Crippen LogP) is -0.841. The Kier molecular flexibility index (Phi) is 8.35. The molecule has 0 unspecified atom stereocenters. The lowest BCUT2D eigenvalue weighted by Gasteiger charge is -2.22. The Morgan fingerprint density at radius 2 is 1.88 bits per heavy atom. The van der Waals surface area contributed by atoms with Gasteiger partial charge in [-0.2, -0.15) is 0 Å². The molecule has 0 radical (unpaired) electrons. The van der Waals surface area contributed by atoms with Gasteiger partial charge in [0.25, 0.3) is 0 Å². The summed E-state index contributed by atoms with van der Waals surface area (Å²) < 4.78 is 4.86. The fourth-order valence-electron chi connectivity index (χ4n) is 1.16. The number of hydrogen-bond acceptors (Lipinski definition) is 4. The monoisotopic (exact) mass is 245 g/mol. The van der Waals surface area contributed by atoms with Gasteiger partial charge in [0.05, 0.1) is 19.7 Å². The summed E-state index contributed by atoms with van der Waals surface area (Å²) in [6.45, 7) is 3.95. The van der Waals surface area contributed by atoms with Crippen LogP contribution < -0.4 is 5.32 Å². The quantitative estimate of drug-likeness (QED) is 0.566. The first-order chi connectivity index (χ1) is 8.02. The summed E-state index contributed by atoms with van der Waals surface area (Å²) in [4.78, 5) is 26.2. The Morgan fingerprint density at radius 1 is 1.24 bits per heavy atom. The number of carbonyl (C=O) groups excluding carboxylic acids is 2. The predicted molar refractivity (Wildman–Crippen MR) is 65.7 cm³/mol. The Bertz CT molecular complexity index is 244. The smallest absolute Gasteiger partial charge is 0.241 e. The Hall–Kier alpha value is -1.14. The molecule has 0 saturated carbocycles. The molecule has 0 aromatic heterocycles. The third-order valence-electron chi connectivity index (χ3n) is 2.32. The fraction of sp³-hybridized carbons (Fsp3) is 0.818. The van der Waals surface area contributed by atoms with Crippen LogP contribution >= 0.6 is 0 Å². The van der Waals surface area contributed by atoms with E-state index in [1.54, 1.807) is 21.2 Å². The molecule has 2 amide bonds. The minimum atomic E-state index is -0.0721. The van der Waals surface area contributed by atoms with E-state index in [4.69, 9.17) is 4.74 Å². The molecular formula is C11H23N3O3. The van der Waals surface area contributed by atoms with E-state index in [1.165, 1.54) is 9.80 Å². The molecule has 1 N–H and O–H groups in total. The highest BCUT2D eigenvalue weighted by Crippen LogP contribution is 1.91. The molecule has 0 aliphatic carbocycles. The molecule has 6 nitrogen and oxygen atoms in total. The van der Waals surface area contributed by atoms with Crippen LogP contribution in [0.5, 0.6) is 0 Å². The van der Waals surface area contributed by atoms with Crippen molar-refractivity contribution < 1.29 is 14.3 Å². The fourth-order valence-corrected chi connectivity index (χ4v) is 1.16. The van der Waals surface area contributed by atoms with Gasteiger partial charge in [-0.1, -0.05) is 0 Å². The molecular weight excluding hydrogens is 222 g/mol. The summed E-state index contributed by atoms with van der Waals surface area (Å²) in [7, 11) is 4.96. The summed E-state index contributed by atoms with van der Waals surface area (Å²) >= 11 is 0. The number of nitrogens with zero attached hydrogens (tertiary/aromatic N) is 2. The van der Waals surface area contributed by atoms with E-state index in [0.717, 1.165) is 0 Å². The van der Waals surface area contributed by atoms with Crippen molar-refractivity contribution in [1.82, 2.24) is 15.1 Å². The maximum Gasteiger partial charge on any atom is 0.241 e. The van der Waals surface area contributed by atoms with Crippen LogP contribution in [0.4, 0.5) is 0 Å². The van der Waals surface area contributed by atoms with Crippen molar-refractivity contribution in [2.75, 3.05) is 54.0 Å². The van der Waals surface area contributed by atoms with Crippen molar-refractivity contribution in [3.63, 3.8) is 0 Å². The van der Waals surface area contributed by atoms with E-state index < -0.39 is 0 Å². The SMILES string of the molecule is CCN(CC(=O)N(C)C)C(=O)CNCCOC. The van der Waals surface area contributed by atoms with Crippen LogP contribution in [0.2, 0.25) is 0 Å². The van der Waals surface area contributed by atoms with Crippen molar-refractivity contribution in [1.29, 1.82) is 0 Å². The Morgan fingerprint density at radius 3 is 2.35 bits per heavy atom. The third kappa shape index (κ3) is 6.91. The first-order valence-electron chi connectivity index (χ1n) is 5.70. The second-order valence-corrected chi connectivity index (χ2v) is 3.87. The zero-order valence-corrected chi connectivity index (χ0v) is 11.2. The number of ether oxygens (including phenoxy) is 1. The lowest BCUT2D eigenvalue weighted by molar-refractivity contribution is -0.138. The van der Waals surface area contributed by atoms with Crippen molar-refractivity contribution in [2.24, 2.45) is 0 Å². The molecule has 0 heterocycles. The van der Waals surface area contributed by atoms with Gasteiger partial charge < -0.3 is 19.9 Å². The molecule has 6 heteroatoms. The minimum absolute atomic E-state index is 0.0706. The third-order valence-corrected chi connectivity index (χ3v) is 2.32. The van der Waals surface area contributed by atoms with Gasteiger partial charge in [0.1, 0.15) is 0 Å². The number of likely N-dealkylation sites (N-methyl/N-ethyl adjacent to an activating group) is 2. The largest absolute Gasteiger partial charge is 0.383 e. The topological polar surface area (TPSA) is 61.9 Å². The minimum Gasteiger partial charge on any atom is -0.383 e. The summed E-state index contributed by atoms with van der Waals surface area (Å²) in [6.07, 6.45) is 0. The highest BCUT2D eigenvalue weighted by Gasteiger charge is 2.15. The molecule has 0 fully saturated rings. The molecule has 0 aromatic carbocycles. The maximum absolute atomic E-state index is 11.7. The maximum atomic E-state index is 11.7. The zero-order valence-electron chi connectivity index (χ0n) is 11.2. The molecule has 0 aromatic rings. The first kappa shape index (κ1) is 15.9. The number of hydrogen-bond donors (Lipinski definition) is 1. The van der Waals surface area contributed by atoms with E-state index in [-0.39, 0.29) is 24.9 Å². The number of rotatable bonds is 8. The summed E-state index contributed by atoms with van der Waals surface area (Å²) in [5, 5.41) is 2.96. The molecule has 0 atom stereocenters. The van der Waals surface area contributed by atoms with Crippen LogP contribution in [0, 0.1) is 0 Å². The molecule has 0 saturated heterocycles. The zero-order chi connectivity index (χ0) is 13.3. The molecule has 0 rings (SSSR count). The number of nitrogens with one attached hydrogen (secondary N) is 1. The van der Waals surface area contributed by atoms with Gasteiger partial charge in [-0.05, 0) is 6.92 Å². The molecule has 0 spiro atoms. The lowest BCUT2D eigenvalue weighted by Crippen LogP contribution is -2.44. The van der Waals surface area contributed by atoms with Gasteiger partial charge >= 0.3 is 0 Å². The molecule has 0 aliphatic heterocycles. The highest BCUT2D eigenvalue weighted by atomic mass is 16.5. The summed E-state index contributed by atoms with van der Waals surface area (Å²) in [5.74, 6) is -0.143. The average molecular weight is 245 g/mol. The van der Waals surface area contributed by atoms with Gasteiger partial charge in [-0.3, -0.25) is 9.59 Å². The second kappa shape index (κ2) is 8.95. The van der Waals surface area contributed by atoms with Crippen LogP contribution in [-0.2, 0) is 14.3 Å². The summed E-state index contributed by atoms with van der Waals surface area (Å²) in [6, 6.07) is 0. The van der Waals surface area contributed by atoms with Crippen molar-refractivity contribution in [2.45, 2.75) is 6.92 Å². The van der Waals surface area contributed by atoms with Crippen molar-refractivity contribution in [3.8, 4) is 0 Å². The first-order valence-corrected chi connectivity index (χ1v) is 5.70. The Labute approximate surface area is 103 Å². The van der Waals surface area contributed by atoms with Gasteiger partial charge in [0.15, 0.2) is 0 Å². The van der Waals surface area contributed by atoms with Gasteiger partial charge in [-0.25, -0.2) is 0 Å². The van der Waals surface area contributed by atoms with Crippen LogP contribution in [0.25, 0.3) is 0 Å². The highest BCUT2D eigenvalue weighted by molar-refractivity contribution is 5.85. The van der Waals surface area contributed by atoms with E-state index in [2.05, 4.69) is 5.32 Å². The number of methoxy groups -OCH3 is 1. The average Bonchev–Trinajstić information content (AvgIpc) is 2.30. The van der Waals surface area contributed by atoms with E-state index >= 15 is 0 Å². The molecule has 17 heavy (non-hydrogen) atoms. The van der Waals surface area contributed by atoms with Gasteiger partial charge in [0.2, 0.25) is 11.8 Å². The summed E-state index contributed by atoms with van der Waals surface area (Å²) in [5.41, 5.74) is 0. The van der Waals surface area contributed by atoms with Crippen LogP contribution in [0.3, 0.4) is 0 Å². The van der Waals surface area contributed by atoms with E-state index in [9.17, 15) is 9.59 Å². The van der Waals surface area contributed by atoms with Crippen molar-refractivity contribution >= 4 is 11.8 Å². The second-order valence-electron chi connectivity index (χ2n) is 3.87. The molecule has 0 bridgehead atoms. The molecule has 100 valence electrons. The van der Waals surface area contributed by atoms with Crippen LogP contribution in [-0.4, -0.2) is 75.6 Å². The normalized spacial score (nSPS) is 10.1. The van der Waals surface area contributed by atoms with Gasteiger partial charge in [-0.15, -0.1) is 0 Å². The standard InChI is InChI=1S/C11H23N3O3/c1-5-14(9-11(16)13(2)3)10(15)8-12-6-7-17-4/h12H,5-9H2,1-4H3. The van der Waals surface area contributed by atoms with Crippen molar-refractivity contribution in [3.05, 3.63) is 0 Å². The van der Waals surface area contributed by atoms with E-state index in [1.807, 2.05) is 6.92 Å². The number of amides is 2. The lowest BCUT2D eigenvalue weighted by atomic mass is 10.4.